The van der Waals surface area contributed by atoms with Gasteiger partial charge < -0.3 is 0 Å². The lowest BCUT2D eigenvalue weighted by atomic mass is 9.88. The molecule has 26 heavy (non-hydrogen) atoms. The number of rotatable bonds is 1. The molecule has 2 aliphatic rings. The van der Waals surface area contributed by atoms with Crippen molar-refractivity contribution < 1.29 is 0 Å². The molecule has 0 spiro atoms. The molecule has 0 unspecified atom stereocenters. The number of fused-ring (bicyclic) bond motifs is 5. The summed E-state index contributed by atoms with van der Waals surface area (Å²) in [5, 5.41) is 5.30. The summed E-state index contributed by atoms with van der Waals surface area (Å²) in [5.41, 5.74) is 7.14. The summed E-state index contributed by atoms with van der Waals surface area (Å²) >= 11 is 0. The van der Waals surface area contributed by atoms with Gasteiger partial charge in [-0.2, -0.15) is 0 Å². The smallest absolute Gasteiger partial charge is 0.0349 e. The Morgan fingerprint density at radius 1 is 0.615 bits per heavy atom. The molecule has 122 valence electrons. The summed E-state index contributed by atoms with van der Waals surface area (Å²) < 4.78 is 0. The lowest BCUT2D eigenvalue weighted by Gasteiger charge is -2.15. The van der Waals surface area contributed by atoms with Crippen LogP contribution in [0.3, 0.4) is 0 Å². The molecule has 6 rings (SSSR count). The monoisotopic (exact) mass is 330 g/mol. The average molecular weight is 330 g/mol. The topological polar surface area (TPSA) is 0 Å². The Morgan fingerprint density at radius 3 is 1.58 bits per heavy atom. The zero-order chi connectivity index (χ0) is 17.1. The lowest BCUT2D eigenvalue weighted by Crippen LogP contribution is -1.98. The molecular weight excluding hydrogens is 312 g/mol. The number of allylic oxidation sites excluding steroid dienone is 4. The van der Waals surface area contributed by atoms with Crippen molar-refractivity contribution in [2.24, 2.45) is 0 Å². The van der Waals surface area contributed by atoms with E-state index < -0.39 is 0 Å². The Morgan fingerprint density at radius 2 is 1.12 bits per heavy atom. The van der Waals surface area contributed by atoms with E-state index in [0.29, 0.717) is 5.92 Å². The Balaban J connectivity index is 1.72. The second-order valence-corrected chi connectivity index (χ2v) is 7.35. The third kappa shape index (κ3) is 1.90. The van der Waals surface area contributed by atoms with E-state index in [4.69, 9.17) is 0 Å². The van der Waals surface area contributed by atoms with Gasteiger partial charge in [-0.25, -0.2) is 0 Å². The van der Waals surface area contributed by atoms with Gasteiger partial charge in [-0.15, -0.1) is 0 Å². The van der Waals surface area contributed by atoms with Crippen LogP contribution in [0.1, 0.15) is 23.5 Å². The highest BCUT2D eigenvalue weighted by molar-refractivity contribution is 5.98. The summed E-state index contributed by atoms with van der Waals surface area (Å²) in [7, 11) is 0. The molecule has 0 aliphatic heterocycles. The highest BCUT2D eigenvalue weighted by atomic mass is 14.3. The van der Waals surface area contributed by atoms with Crippen LogP contribution in [0, 0.1) is 0 Å². The van der Waals surface area contributed by atoms with Crippen molar-refractivity contribution in [2.45, 2.75) is 12.3 Å². The largest absolute Gasteiger partial charge is 0.0804 e. The van der Waals surface area contributed by atoms with Crippen LogP contribution in [0.4, 0.5) is 0 Å². The quantitative estimate of drug-likeness (QED) is 0.353. The third-order valence-electron chi connectivity index (χ3n) is 5.88. The molecule has 0 saturated carbocycles. The van der Waals surface area contributed by atoms with E-state index in [1.807, 2.05) is 0 Å². The molecule has 0 amide bonds. The zero-order valence-electron chi connectivity index (χ0n) is 14.4. The van der Waals surface area contributed by atoms with Gasteiger partial charge in [-0.3, -0.25) is 0 Å². The molecule has 0 N–H and O–H groups in total. The minimum Gasteiger partial charge on any atom is -0.0804 e. The molecule has 4 aromatic rings. The van der Waals surface area contributed by atoms with Gasteiger partial charge in [0.1, 0.15) is 0 Å². The summed E-state index contributed by atoms with van der Waals surface area (Å²) in [6.07, 6.45) is 8.02. The number of hydrogen-bond donors (Lipinski definition) is 0. The first kappa shape index (κ1) is 14.1. The van der Waals surface area contributed by atoms with Crippen LogP contribution in [0.2, 0.25) is 0 Å². The predicted octanol–water partition coefficient (Wildman–Crippen LogP) is 6.99. The van der Waals surface area contributed by atoms with Crippen molar-refractivity contribution in [3.63, 3.8) is 0 Å². The second kappa shape index (κ2) is 5.19. The molecule has 0 fully saturated rings. The van der Waals surface area contributed by atoms with Crippen molar-refractivity contribution >= 4 is 21.5 Å². The van der Waals surface area contributed by atoms with E-state index in [0.717, 1.165) is 6.42 Å². The van der Waals surface area contributed by atoms with Crippen molar-refractivity contribution in [2.75, 3.05) is 0 Å². The SMILES string of the molecule is C1=CC(C2c3cc4ccccc4cc3-c3cc4ccccc4cc32)=CC1. The maximum absolute atomic E-state index is 2.41. The normalized spacial score (nSPS) is 15.5. The highest BCUT2D eigenvalue weighted by Crippen LogP contribution is 2.51. The maximum Gasteiger partial charge on any atom is 0.0349 e. The van der Waals surface area contributed by atoms with Gasteiger partial charge in [0.05, 0.1) is 0 Å². The van der Waals surface area contributed by atoms with E-state index in [2.05, 4.69) is 91.0 Å². The minimum absolute atomic E-state index is 0.355. The van der Waals surface area contributed by atoms with Crippen LogP contribution in [0.5, 0.6) is 0 Å². The van der Waals surface area contributed by atoms with Gasteiger partial charge in [0.15, 0.2) is 0 Å². The predicted molar refractivity (Wildman–Crippen MR) is 111 cm³/mol. The van der Waals surface area contributed by atoms with E-state index in [1.165, 1.54) is 49.4 Å². The van der Waals surface area contributed by atoms with Gasteiger partial charge >= 0.3 is 0 Å². The van der Waals surface area contributed by atoms with E-state index in [-0.39, 0.29) is 0 Å². The molecule has 0 bridgehead atoms. The Labute approximate surface area is 153 Å². The summed E-state index contributed by atoms with van der Waals surface area (Å²) in [6, 6.07) is 27.0. The first-order valence-corrected chi connectivity index (χ1v) is 9.31. The molecule has 0 nitrogen and oxygen atoms in total. The minimum atomic E-state index is 0.355. The first-order chi connectivity index (χ1) is 12.9. The zero-order valence-corrected chi connectivity index (χ0v) is 14.4. The molecule has 0 radical (unpaired) electrons. The molecule has 2 aliphatic carbocycles. The van der Waals surface area contributed by atoms with E-state index >= 15 is 0 Å². The number of benzene rings is 4. The van der Waals surface area contributed by atoms with E-state index in [9.17, 15) is 0 Å². The Bertz CT molecular complexity index is 1170. The van der Waals surface area contributed by atoms with Crippen LogP contribution >= 0.6 is 0 Å². The summed E-state index contributed by atoms with van der Waals surface area (Å²) in [4.78, 5) is 0. The van der Waals surface area contributed by atoms with Crippen LogP contribution in [-0.2, 0) is 0 Å². The third-order valence-corrected chi connectivity index (χ3v) is 5.88. The molecule has 4 aromatic carbocycles. The summed E-state index contributed by atoms with van der Waals surface area (Å²) in [6.45, 7) is 0. The van der Waals surface area contributed by atoms with Gasteiger partial charge in [0.25, 0.3) is 0 Å². The number of hydrogen-bond acceptors (Lipinski definition) is 0. The summed E-state index contributed by atoms with van der Waals surface area (Å²) in [5.74, 6) is 0.355. The molecule has 0 heteroatoms. The van der Waals surface area contributed by atoms with Gasteiger partial charge in [0.2, 0.25) is 0 Å². The van der Waals surface area contributed by atoms with Crippen molar-refractivity contribution in [1.82, 2.24) is 0 Å². The second-order valence-electron chi connectivity index (χ2n) is 7.35. The Kier molecular flexibility index (Phi) is 2.81. The average Bonchev–Trinajstić information content (AvgIpc) is 3.30. The van der Waals surface area contributed by atoms with Crippen LogP contribution in [-0.4, -0.2) is 0 Å². The lowest BCUT2D eigenvalue weighted by molar-refractivity contribution is 1.02. The van der Waals surface area contributed by atoms with Crippen LogP contribution in [0.15, 0.2) is 96.6 Å². The molecule has 0 atom stereocenters. The fourth-order valence-corrected chi connectivity index (χ4v) is 4.68. The maximum atomic E-state index is 2.41. The van der Waals surface area contributed by atoms with E-state index in [1.54, 1.807) is 0 Å². The first-order valence-electron chi connectivity index (χ1n) is 9.31. The van der Waals surface area contributed by atoms with Crippen molar-refractivity contribution in [3.05, 3.63) is 108 Å². The fourth-order valence-electron chi connectivity index (χ4n) is 4.68. The fraction of sp³-hybridized carbons (Fsp3) is 0.0769. The van der Waals surface area contributed by atoms with Gasteiger partial charge in [-0.05, 0) is 80.1 Å². The van der Waals surface area contributed by atoms with Crippen LogP contribution < -0.4 is 0 Å². The Hall–Kier alpha value is -3.12. The highest BCUT2D eigenvalue weighted by Gasteiger charge is 2.31. The molecule has 0 saturated heterocycles. The molecule has 0 aromatic heterocycles. The van der Waals surface area contributed by atoms with Gasteiger partial charge in [0, 0.05) is 5.92 Å². The van der Waals surface area contributed by atoms with Gasteiger partial charge in [-0.1, -0.05) is 66.8 Å². The standard InChI is InChI=1S/C26H18/c1-2-8-17(7-1)26-24-15-20-11-5-3-9-18(20)13-22(24)23-14-19-10-4-6-12-21(19)16-25(23)26/h1,3-16,26H,2H2. The molecular formula is C26H18. The van der Waals surface area contributed by atoms with Crippen LogP contribution in [0.25, 0.3) is 32.7 Å². The van der Waals surface area contributed by atoms with Crippen molar-refractivity contribution in [3.8, 4) is 11.1 Å². The molecule has 0 heterocycles. The van der Waals surface area contributed by atoms with Crippen molar-refractivity contribution in [1.29, 1.82) is 0 Å².